The summed E-state index contributed by atoms with van der Waals surface area (Å²) in [5, 5.41) is 0. The first-order chi connectivity index (χ1) is 9.78. The Morgan fingerprint density at radius 1 is 1.33 bits per heavy atom. The standard InChI is InChI=1S/C16H23FN2O2/c1-16(2,3)21-15(20)19-9-7-11(8-10-19)14-12(17)5-4-6-13(14)18/h4-6,11H,7-10,18H2,1-3H3. The maximum absolute atomic E-state index is 13.9. The molecular formula is C16H23FN2O2. The monoisotopic (exact) mass is 294 g/mol. The molecule has 1 heterocycles. The van der Waals surface area contributed by atoms with Gasteiger partial charge in [-0.1, -0.05) is 6.07 Å². The molecule has 2 N–H and O–H groups in total. The molecule has 1 aliphatic rings. The van der Waals surface area contributed by atoms with Gasteiger partial charge in [-0.3, -0.25) is 0 Å². The number of nitrogens with zero attached hydrogens (tertiary/aromatic N) is 1. The zero-order valence-electron chi connectivity index (χ0n) is 12.9. The van der Waals surface area contributed by atoms with E-state index in [2.05, 4.69) is 0 Å². The van der Waals surface area contributed by atoms with Crippen molar-refractivity contribution in [3.8, 4) is 0 Å². The Kier molecular flexibility index (Phi) is 4.40. The molecule has 1 saturated heterocycles. The van der Waals surface area contributed by atoms with Crippen molar-refractivity contribution in [2.24, 2.45) is 0 Å². The van der Waals surface area contributed by atoms with Gasteiger partial charge in [-0.15, -0.1) is 0 Å². The maximum atomic E-state index is 13.9. The first-order valence-electron chi connectivity index (χ1n) is 7.30. The molecule has 0 bridgehead atoms. The van der Waals surface area contributed by atoms with Crippen LogP contribution in [0.25, 0.3) is 0 Å². The number of nitrogens with two attached hydrogens (primary N) is 1. The van der Waals surface area contributed by atoms with Crippen LogP contribution >= 0.6 is 0 Å². The summed E-state index contributed by atoms with van der Waals surface area (Å²) in [5.74, 6) is -0.199. The summed E-state index contributed by atoms with van der Waals surface area (Å²) < 4.78 is 19.3. The van der Waals surface area contributed by atoms with Crippen molar-refractivity contribution < 1.29 is 13.9 Å². The number of likely N-dealkylation sites (tertiary alicyclic amines) is 1. The Labute approximate surface area is 125 Å². The van der Waals surface area contributed by atoms with E-state index < -0.39 is 5.60 Å². The van der Waals surface area contributed by atoms with Crippen LogP contribution in [0.1, 0.15) is 45.1 Å². The predicted molar refractivity (Wildman–Crippen MR) is 80.6 cm³/mol. The number of amides is 1. The van der Waals surface area contributed by atoms with Gasteiger partial charge >= 0.3 is 6.09 Å². The minimum Gasteiger partial charge on any atom is -0.444 e. The van der Waals surface area contributed by atoms with Crippen LogP contribution in [0.2, 0.25) is 0 Å². The van der Waals surface area contributed by atoms with Gasteiger partial charge in [0.25, 0.3) is 0 Å². The molecule has 0 atom stereocenters. The molecule has 0 saturated carbocycles. The number of nitrogen functional groups attached to an aromatic ring is 1. The Morgan fingerprint density at radius 3 is 2.48 bits per heavy atom. The van der Waals surface area contributed by atoms with Gasteiger partial charge in [0.2, 0.25) is 0 Å². The molecule has 1 aromatic carbocycles. The molecule has 5 heteroatoms. The van der Waals surface area contributed by atoms with Crippen LogP contribution in [0.4, 0.5) is 14.9 Å². The highest BCUT2D eigenvalue weighted by molar-refractivity contribution is 5.68. The van der Waals surface area contributed by atoms with Gasteiger partial charge < -0.3 is 15.4 Å². The molecule has 1 fully saturated rings. The molecular weight excluding hydrogens is 271 g/mol. The number of carbonyl (C=O) groups is 1. The first-order valence-corrected chi connectivity index (χ1v) is 7.30. The van der Waals surface area contributed by atoms with Crippen LogP contribution in [0, 0.1) is 5.82 Å². The second kappa shape index (κ2) is 5.92. The Morgan fingerprint density at radius 2 is 1.95 bits per heavy atom. The van der Waals surface area contributed by atoms with Crippen molar-refractivity contribution in [3.05, 3.63) is 29.6 Å². The summed E-state index contributed by atoms with van der Waals surface area (Å²) in [6.45, 7) is 6.66. The van der Waals surface area contributed by atoms with E-state index in [9.17, 15) is 9.18 Å². The highest BCUT2D eigenvalue weighted by atomic mass is 19.1. The Hall–Kier alpha value is -1.78. The summed E-state index contributed by atoms with van der Waals surface area (Å²) >= 11 is 0. The third-order valence-electron chi connectivity index (χ3n) is 3.64. The Balaban J connectivity index is 1.99. The van der Waals surface area contributed by atoms with E-state index in [0.717, 1.165) is 0 Å². The number of anilines is 1. The minimum atomic E-state index is -0.496. The smallest absolute Gasteiger partial charge is 0.410 e. The lowest BCUT2D eigenvalue weighted by molar-refractivity contribution is 0.0204. The number of hydrogen-bond donors (Lipinski definition) is 1. The summed E-state index contributed by atoms with van der Waals surface area (Å²) in [4.78, 5) is 13.7. The third-order valence-corrected chi connectivity index (χ3v) is 3.64. The molecule has 4 nitrogen and oxygen atoms in total. The zero-order valence-corrected chi connectivity index (χ0v) is 12.9. The molecule has 1 amide bonds. The van der Waals surface area contributed by atoms with Gasteiger partial charge in [-0.05, 0) is 51.7 Å². The van der Waals surface area contributed by atoms with E-state index in [1.807, 2.05) is 20.8 Å². The van der Waals surface area contributed by atoms with Gasteiger partial charge in [0.1, 0.15) is 11.4 Å². The van der Waals surface area contributed by atoms with E-state index >= 15 is 0 Å². The second-order valence-electron chi connectivity index (χ2n) is 6.48. The average Bonchev–Trinajstić information content (AvgIpc) is 2.37. The van der Waals surface area contributed by atoms with Crippen LogP contribution in [0.15, 0.2) is 18.2 Å². The lowest BCUT2D eigenvalue weighted by atomic mass is 9.88. The average molecular weight is 294 g/mol. The minimum absolute atomic E-state index is 0.0601. The van der Waals surface area contributed by atoms with Gasteiger partial charge in [-0.25, -0.2) is 9.18 Å². The van der Waals surface area contributed by atoms with Gasteiger partial charge in [-0.2, -0.15) is 0 Å². The number of piperidine rings is 1. The molecule has 0 unspecified atom stereocenters. The predicted octanol–water partition coefficient (Wildman–Crippen LogP) is 3.52. The number of hydrogen-bond acceptors (Lipinski definition) is 3. The maximum Gasteiger partial charge on any atom is 0.410 e. The topological polar surface area (TPSA) is 55.6 Å². The Bertz CT molecular complexity index is 497. The van der Waals surface area contributed by atoms with Crippen molar-refractivity contribution in [1.29, 1.82) is 0 Å². The van der Waals surface area contributed by atoms with Crippen LogP contribution in [0.3, 0.4) is 0 Å². The van der Waals surface area contributed by atoms with Crippen molar-refractivity contribution in [3.63, 3.8) is 0 Å². The van der Waals surface area contributed by atoms with E-state index in [4.69, 9.17) is 10.5 Å². The van der Waals surface area contributed by atoms with Gasteiger partial charge in [0.15, 0.2) is 0 Å². The fraction of sp³-hybridized carbons (Fsp3) is 0.562. The van der Waals surface area contributed by atoms with Crippen LogP contribution < -0.4 is 5.73 Å². The van der Waals surface area contributed by atoms with Crippen molar-refractivity contribution >= 4 is 11.8 Å². The van der Waals surface area contributed by atoms with Crippen LogP contribution in [0.5, 0.6) is 0 Å². The number of carbonyl (C=O) groups excluding carboxylic acids is 1. The number of benzene rings is 1. The highest BCUT2D eigenvalue weighted by Crippen LogP contribution is 2.33. The fourth-order valence-corrected chi connectivity index (χ4v) is 2.66. The molecule has 2 rings (SSSR count). The van der Waals surface area contributed by atoms with Crippen molar-refractivity contribution in [2.45, 2.75) is 45.1 Å². The van der Waals surface area contributed by atoms with Crippen molar-refractivity contribution in [2.75, 3.05) is 18.8 Å². The van der Waals surface area contributed by atoms with Gasteiger partial charge in [0, 0.05) is 24.3 Å². The quantitative estimate of drug-likeness (QED) is 0.806. The normalized spacial score (nSPS) is 16.9. The number of rotatable bonds is 1. The van der Waals surface area contributed by atoms with E-state index in [0.29, 0.717) is 37.2 Å². The van der Waals surface area contributed by atoms with Crippen LogP contribution in [-0.2, 0) is 4.74 Å². The first kappa shape index (κ1) is 15.6. The molecule has 0 aliphatic carbocycles. The summed E-state index contributed by atoms with van der Waals surface area (Å²) in [6, 6.07) is 4.77. The number of halogens is 1. The molecule has 0 aromatic heterocycles. The molecule has 1 aromatic rings. The molecule has 0 spiro atoms. The lowest BCUT2D eigenvalue weighted by Gasteiger charge is -2.34. The van der Waals surface area contributed by atoms with Crippen molar-refractivity contribution in [1.82, 2.24) is 4.90 Å². The molecule has 0 radical (unpaired) electrons. The lowest BCUT2D eigenvalue weighted by Crippen LogP contribution is -2.41. The van der Waals surface area contributed by atoms with E-state index in [-0.39, 0.29) is 17.8 Å². The van der Waals surface area contributed by atoms with Crippen LogP contribution in [-0.4, -0.2) is 29.7 Å². The highest BCUT2D eigenvalue weighted by Gasteiger charge is 2.29. The van der Waals surface area contributed by atoms with E-state index in [1.54, 1.807) is 17.0 Å². The fourth-order valence-electron chi connectivity index (χ4n) is 2.66. The molecule has 1 aliphatic heterocycles. The summed E-state index contributed by atoms with van der Waals surface area (Å²) in [7, 11) is 0. The second-order valence-corrected chi connectivity index (χ2v) is 6.48. The summed E-state index contributed by atoms with van der Waals surface area (Å²) in [5.41, 5.74) is 6.46. The molecule has 116 valence electrons. The largest absolute Gasteiger partial charge is 0.444 e. The number of ether oxygens (including phenoxy) is 1. The zero-order chi connectivity index (χ0) is 15.6. The molecule has 21 heavy (non-hydrogen) atoms. The summed E-state index contributed by atoms with van der Waals surface area (Å²) in [6.07, 6.45) is 1.09. The van der Waals surface area contributed by atoms with E-state index in [1.165, 1.54) is 6.07 Å². The van der Waals surface area contributed by atoms with Gasteiger partial charge in [0.05, 0.1) is 0 Å². The SMILES string of the molecule is CC(C)(C)OC(=O)N1CCC(c2c(N)cccc2F)CC1. The third kappa shape index (κ3) is 3.86.